The second kappa shape index (κ2) is 7.30. The summed E-state index contributed by atoms with van der Waals surface area (Å²) in [6, 6.07) is 2.56. The van der Waals surface area contributed by atoms with Crippen molar-refractivity contribution in [2.75, 3.05) is 31.1 Å². The van der Waals surface area contributed by atoms with E-state index >= 15 is 0 Å². The van der Waals surface area contributed by atoms with E-state index in [1.54, 1.807) is 6.92 Å². The summed E-state index contributed by atoms with van der Waals surface area (Å²) >= 11 is 0. The molecule has 5 nitrogen and oxygen atoms in total. The molecule has 23 heavy (non-hydrogen) atoms. The van der Waals surface area contributed by atoms with Gasteiger partial charge >= 0.3 is 0 Å². The summed E-state index contributed by atoms with van der Waals surface area (Å²) in [5.74, 6) is 0.0418. The van der Waals surface area contributed by atoms with E-state index in [-0.39, 0.29) is 11.4 Å². The maximum atomic E-state index is 11.3. The van der Waals surface area contributed by atoms with Gasteiger partial charge in [0.05, 0.1) is 0 Å². The molecule has 0 bridgehead atoms. The van der Waals surface area contributed by atoms with Crippen LogP contribution in [-0.4, -0.2) is 53.6 Å². The van der Waals surface area contributed by atoms with Gasteiger partial charge in [-0.25, -0.2) is 0 Å². The van der Waals surface area contributed by atoms with Crippen LogP contribution in [0.25, 0.3) is 0 Å². The summed E-state index contributed by atoms with van der Waals surface area (Å²) in [5.41, 5.74) is 2.37. The standard InChI is InChI=1S/C18H30N4O/c1-14-13-19-7-6-17(14)22-10-8-21(9-11-22)15(2)12-18(4,5)20-16(3)23/h6-7,13,15H,8-12H2,1-5H3,(H,20,23). The van der Waals surface area contributed by atoms with E-state index in [1.165, 1.54) is 11.3 Å². The van der Waals surface area contributed by atoms with E-state index in [2.05, 4.69) is 53.9 Å². The maximum absolute atomic E-state index is 11.3. The third-order valence-corrected chi connectivity index (χ3v) is 4.59. The molecule has 0 aliphatic carbocycles. The van der Waals surface area contributed by atoms with Gasteiger partial charge in [-0.05, 0) is 45.7 Å². The Morgan fingerprint density at radius 2 is 2.00 bits per heavy atom. The molecule has 1 atom stereocenters. The van der Waals surface area contributed by atoms with Crippen molar-refractivity contribution in [3.05, 3.63) is 24.0 Å². The van der Waals surface area contributed by atoms with Gasteiger partial charge in [0, 0.05) is 62.8 Å². The van der Waals surface area contributed by atoms with E-state index in [1.807, 2.05) is 12.4 Å². The first-order valence-electron chi connectivity index (χ1n) is 8.47. The summed E-state index contributed by atoms with van der Waals surface area (Å²) in [6.07, 6.45) is 4.76. The van der Waals surface area contributed by atoms with Crippen molar-refractivity contribution in [1.29, 1.82) is 0 Å². The highest BCUT2D eigenvalue weighted by molar-refractivity contribution is 5.73. The first-order valence-corrected chi connectivity index (χ1v) is 8.47. The molecule has 1 aliphatic heterocycles. The molecule has 1 aromatic heterocycles. The Hall–Kier alpha value is -1.62. The molecule has 1 fully saturated rings. The number of rotatable bonds is 5. The van der Waals surface area contributed by atoms with Crippen LogP contribution < -0.4 is 10.2 Å². The lowest BCUT2D eigenvalue weighted by molar-refractivity contribution is -0.120. The first-order chi connectivity index (χ1) is 10.8. The molecule has 1 aliphatic rings. The van der Waals surface area contributed by atoms with Gasteiger partial charge in [-0.1, -0.05) is 0 Å². The number of hydrogen-bond acceptors (Lipinski definition) is 4. The molecule has 0 spiro atoms. The van der Waals surface area contributed by atoms with Gasteiger partial charge in [-0.15, -0.1) is 0 Å². The van der Waals surface area contributed by atoms with Crippen molar-refractivity contribution >= 4 is 11.6 Å². The van der Waals surface area contributed by atoms with Crippen LogP contribution >= 0.6 is 0 Å². The fourth-order valence-electron chi connectivity index (χ4n) is 3.62. The van der Waals surface area contributed by atoms with E-state index in [0.29, 0.717) is 6.04 Å². The zero-order chi connectivity index (χ0) is 17.0. The summed E-state index contributed by atoms with van der Waals surface area (Å²) in [7, 11) is 0. The second-order valence-corrected chi connectivity index (χ2v) is 7.30. The number of carbonyl (C=O) groups excluding carboxylic acids is 1. The van der Waals surface area contributed by atoms with Gasteiger partial charge in [0.2, 0.25) is 5.91 Å². The van der Waals surface area contributed by atoms with E-state index < -0.39 is 0 Å². The van der Waals surface area contributed by atoms with Crippen molar-refractivity contribution in [2.24, 2.45) is 0 Å². The molecule has 5 heteroatoms. The first kappa shape index (κ1) is 17.7. The summed E-state index contributed by atoms with van der Waals surface area (Å²) in [5, 5.41) is 3.05. The van der Waals surface area contributed by atoms with E-state index in [0.717, 1.165) is 32.6 Å². The number of nitrogens with zero attached hydrogens (tertiary/aromatic N) is 3. The highest BCUT2D eigenvalue weighted by atomic mass is 16.1. The minimum Gasteiger partial charge on any atom is -0.369 e. The topological polar surface area (TPSA) is 48.5 Å². The monoisotopic (exact) mass is 318 g/mol. The molecule has 1 N–H and O–H groups in total. The van der Waals surface area contributed by atoms with Crippen LogP contribution in [0.15, 0.2) is 18.5 Å². The lowest BCUT2D eigenvalue weighted by Crippen LogP contribution is -2.53. The lowest BCUT2D eigenvalue weighted by atomic mass is 9.94. The van der Waals surface area contributed by atoms with Crippen molar-refractivity contribution in [3.8, 4) is 0 Å². The van der Waals surface area contributed by atoms with Gasteiger partial charge in [0.15, 0.2) is 0 Å². The Morgan fingerprint density at radius 3 is 2.57 bits per heavy atom. The number of piperazine rings is 1. The van der Waals surface area contributed by atoms with Crippen molar-refractivity contribution < 1.29 is 4.79 Å². The fourth-order valence-corrected chi connectivity index (χ4v) is 3.62. The molecule has 2 rings (SSSR count). The molecular formula is C18H30N4O. The summed E-state index contributed by atoms with van der Waals surface area (Å²) in [4.78, 5) is 20.5. The average Bonchev–Trinajstić information content (AvgIpc) is 2.46. The van der Waals surface area contributed by atoms with Gasteiger partial charge in [0.25, 0.3) is 0 Å². The largest absolute Gasteiger partial charge is 0.369 e. The Labute approximate surface area is 140 Å². The molecule has 128 valence electrons. The van der Waals surface area contributed by atoms with Gasteiger partial charge in [-0.3, -0.25) is 14.7 Å². The average molecular weight is 318 g/mol. The lowest BCUT2D eigenvalue weighted by Gasteiger charge is -2.41. The predicted molar refractivity (Wildman–Crippen MR) is 94.7 cm³/mol. The number of aromatic nitrogens is 1. The SMILES string of the molecule is CC(=O)NC(C)(C)CC(C)N1CCN(c2ccncc2C)CC1. The Morgan fingerprint density at radius 1 is 1.35 bits per heavy atom. The third-order valence-electron chi connectivity index (χ3n) is 4.59. The van der Waals surface area contributed by atoms with E-state index in [4.69, 9.17) is 0 Å². The molecule has 0 aromatic carbocycles. The summed E-state index contributed by atoms with van der Waals surface area (Å²) < 4.78 is 0. The van der Waals surface area contributed by atoms with Crippen LogP contribution in [0.3, 0.4) is 0 Å². The van der Waals surface area contributed by atoms with Crippen LogP contribution in [0.5, 0.6) is 0 Å². The molecule has 1 aromatic rings. The van der Waals surface area contributed by atoms with Crippen LogP contribution in [0, 0.1) is 6.92 Å². The van der Waals surface area contributed by atoms with Gasteiger partial charge < -0.3 is 10.2 Å². The van der Waals surface area contributed by atoms with Crippen LogP contribution in [0.1, 0.15) is 39.7 Å². The normalized spacial score (nSPS) is 17.9. The van der Waals surface area contributed by atoms with Crippen molar-refractivity contribution in [3.63, 3.8) is 0 Å². The highest BCUT2D eigenvalue weighted by Gasteiger charge is 2.27. The molecule has 1 unspecified atom stereocenters. The quantitative estimate of drug-likeness (QED) is 0.904. The molecule has 1 saturated heterocycles. The number of aryl methyl sites for hydroxylation is 1. The minimum absolute atomic E-state index is 0.0418. The van der Waals surface area contributed by atoms with Gasteiger partial charge in [-0.2, -0.15) is 0 Å². The Kier molecular flexibility index (Phi) is 5.63. The smallest absolute Gasteiger partial charge is 0.217 e. The van der Waals surface area contributed by atoms with E-state index in [9.17, 15) is 4.79 Å². The Bertz CT molecular complexity index is 536. The predicted octanol–water partition coefficient (Wildman–Crippen LogP) is 2.21. The third kappa shape index (κ3) is 4.93. The number of hydrogen-bond donors (Lipinski definition) is 1. The number of carbonyl (C=O) groups is 1. The summed E-state index contributed by atoms with van der Waals surface area (Å²) in [6.45, 7) is 14.3. The molecule has 1 amide bonds. The van der Waals surface area contributed by atoms with Crippen molar-refractivity contribution in [2.45, 2.75) is 52.6 Å². The minimum atomic E-state index is -0.163. The zero-order valence-electron chi connectivity index (χ0n) is 15.1. The Balaban J connectivity index is 1.89. The fraction of sp³-hybridized carbons (Fsp3) is 0.667. The molecule has 0 radical (unpaired) electrons. The number of pyridine rings is 1. The van der Waals surface area contributed by atoms with Crippen LogP contribution in [-0.2, 0) is 4.79 Å². The molecular weight excluding hydrogens is 288 g/mol. The van der Waals surface area contributed by atoms with Crippen molar-refractivity contribution in [1.82, 2.24) is 15.2 Å². The maximum Gasteiger partial charge on any atom is 0.217 e. The molecule has 2 heterocycles. The highest BCUT2D eigenvalue weighted by Crippen LogP contribution is 2.22. The van der Waals surface area contributed by atoms with Crippen LogP contribution in [0.4, 0.5) is 5.69 Å². The van der Waals surface area contributed by atoms with Gasteiger partial charge in [0.1, 0.15) is 0 Å². The van der Waals surface area contributed by atoms with Crippen LogP contribution in [0.2, 0.25) is 0 Å². The molecule has 0 saturated carbocycles. The number of anilines is 1. The number of amides is 1. The second-order valence-electron chi connectivity index (χ2n) is 7.30. The number of nitrogens with one attached hydrogen (secondary N) is 1. The zero-order valence-corrected chi connectivity index (χ0v) is 15.1.